The number of amides is 1. The summed E-state index contributed by atoms with van der Waals surface area (Å²) in [5, 5.41) is -0.476. The minimum atomic E-state index is -5.08. The van der Waals surface area contributed by atoms with Crippen molar-refractivity contribution in [3.63, 3.8) is 0 Å². The van der Waals surface area contributed by atoms with Crippen LogP contribution >= 0.6 is 0 Å². The summed E-state index contributed by atoms with van der Waals surface area (Å²) in [6, 6.07) is 14.4. The summed E-state index contributed by atoms with van der Waals surface area (Å²) in [6.07, 6.45) is -3.81. The van der Waals surface area contributed by atoms with Gasteiger partial charge in [-0.15, -0.1) is 0 Å². The summed E-state index contributed by atoms with van der Waals surface area (Å²) in [4.78, 5) is 37.9. The first-order valence-electron chi connectivity index (χ1n) is 22.8. The number of benzene rings is 2. The van der Waals surface area contributed by atoms with Crippen LogP contribution in [0, 0.1) is 18.7 Å². The van der Waals surface area contributed by atoms with Crippen molar-refractivity contribution >= 4 is 28.6 Å². The van der Waals surface area contributed by atoms with Crippen molar-refractivity contribution in [2.24, 2.45) is 0 Å². The molecule has 362 valence electrons. The number of aromatic nitrogens is 4. The molecule has 4 aliphatic rings. The van der Waals surface area contributed by atoms with Gasteiger partial charge in [-0.1, -0.05) is 24.3 Å². The number of methoxy groups -OCH3 is 2. The molecular weight excluding hydrogens is 895 g/mol. The van der Waals surface area contributed by atoms with Crippen LogP contribution in [0.1, 0.15) is 75.1 Å². The maximum Gasteiger partial charge on any atom is 0.418 e. The predicted molar refractivity (Wildman–Crippen MR) is 242 cm³/mol. The van der Waals surface area contributed by atoms with Gasteiger partial charge in [0.2, 0.25) is 5.95 Å². The van der Waals surface area contributed by atoms with Crippen molar-refractivity contribution in [3.8, 4) is 28.9 Å². The third kappa shape index (κ3) is 9.24. The standard InChI is InChI=1S/C49H54F6N8O5/c1-28-20-36(60(22-29-8-14-34(65-5)15-9-29)23-30-10-16-35(66-6)17-11-30)56-41(38(28)49(53,54)55)42-39(51)40-37(43(52)57-42)44(59-45(58-40)67-27-48-18-7-19-62(48)24-31(50)21-48)61-25-32-12-13-33(26-61)63(32)46(64)68-47(2,3)4/h8-11,14-17,20,31-33H,7,12-13,18-19,21-27H2,1-6H3/t31-,32-,33+,48+/m1/s1. The fourth-order valence-corrected chi connectivity index (χ4v) is 10.3. The van der Waals surface area contributed by atoms with E-state index in [2.05, 4.69) is 19.9 Å². The molecule has 9 rings (SSSR count). The lowest BCUT2D eigenvalue weighted by Gasteiger charge is -2.42. The van der Waals surface area contributed by atoms with E-state index < -0.39 is 69.2 Å². The number of rotatable bonds is 12. The largest absolute Gasteiger partial charge is 0.497 e. The van der Waals surface area contributed by atoms with Crippen LogP contribution in [0.5, 0.6) is 17.5 Å². The van der Waals surface area contributed by atoms with E-state index in [-0.39, 0.29) is 81.0 Å². The number of hydrogen-bond donors (Lipinski definition) is 0. The number of halogens is 6. The highest BCUT2D eigenvalue weighted by Gasteiger charge is 2.50. The highest BCUT2D eigenvalue weighted by Crippen LogP contribution is 2.45. The monoisotopic (exact) mass is 948 g/mol. The predicted octanol–water partition coefficient (Wildman–Crippen LogP) is 9.46. The molecule has 4 aliphatic heterocycles. The van der Waals surface area contributed by atoms with E-state index in [0.717, 1.165) is 17.5 Å². The quantitative estimate of drug-likeness (QED) is 0.0876. The molecule has 4 atom stereocenters. The summed E-state index contributed by atoms with van der Waals surface area (Å²) in [5.74, 6) is -1.57. The molecule has 0 saturated carbocycles. The minimum absolute atomic E-state index is 0.0349. The molecule has 0 aliphatic carbocycles. The summed E-state index contributed by atoms with van der Waals surface area (Å²) in [6.45, 7) is 7.97. The topological polar surface area (TPSA) is 119 Å². The van der Waals surface area contributed by atoms with Crippen molar-refractivity contribution in [1.82, 2.24) is 29.7 Å². The number of carbonyl (C=O) groups is 1. The fourth-order valence-electron chi connectivity index (χ4n) is 10.3. The molecule has 7 heterocycles. The number of aryl methyl sites for hydroxylation is 1. The molecule has 4 fully saturated rings. The van der Waals surface area contributed by atoms with E-state index in [9.17, 15) is 9.18 Å². The Labute approximate surface area is 390 Å². The van der Waals surface area contributed by atoms with Gasteiger partial charge in [0.15, 0.2) is 5.82 Å². The molecule has 2 bridgehead atoms. The second kappa shape index (κ2) is 18.1. The summed E-state index contributed by atoms with van der Waals surface area (Å²) < 4.78 is 118. The number of alkyl halides is 4. The van der Waals surface area contributed by atoms with Crippen LogP contribution in [-0.4, -0.2) is 112 Å². The molecule has 5 aromatic rings. The van der Waals surface area contributed by atoms with Gasteiger partial charge in [-0.3, -0.25) is 9.80 Å². The number of nitrogens with zero attached hydrogens (tertiary/aromatic N) is 8. The molecule has 2 aromatic carbocycles. The van der Waals surface area contributed by atoms with Crippen LogP contribution < -0.4 is 24.0 Å². The maximum atomic E-state index is 17.7. The highest BCUT2D eigenvalue weighted by atomic mass is 19.4. The first-order chi connectivity index (χ1) is 32.3. The van der Waals surface area contributed by atoms with Gasteiger partial charge in [0.1, 0.15) is 63.8 Å². The smallest absolute Gasteiger partial charge is 0.418 e. The molecule has 68 heavy (non-hydrogen) atoms. The van der Waals surface area contributed by atoms with Gasteiger partial charge in [-0.25, -0.2) is 23.5 Å². The first kappa shape index (κ1) is 47.0. The second-order valence-corrected chi connectivity index (χ2v) is 19.2. The molecule has 0 N–H and O–H groups in total. The van der Waals surface area contributed by atoms with Gasteiger partial charge < -0.3 is 28.7 Å². The van der Waals surface area contributed by atoms with Crippen molar-refractivity contribution in [1.29, 1.82) is 0 Å². The third-order valence-electron chi connectivity index (χ3n) is 13.4. The van der Waals surface area contributed by atoms with Gasteiger partial charge in [-0.2, -0.15) is 27.5 Å². The molecule has 0 radical (unpaired) electrons. The van der Waals surface area contributed by atoms with E-state index in [1.165, 1.54) is 27.2 Å². The molecule has 0 spiro atoms. The Hall–Kier alpha value is -6.11. The molecular formula is C49H54F6N8O5. The van der Waals surface area contributed by atoms with Crippen molar-refractivity contribution in [3.05, 3.63) is 88.6 Å². The second-order valence-electron chi connectivity index (χ2n) is 19.2. The van der Waals surface area contributed by atoms with Crippen LogP contribution in [0.15, 0.2) is 54.6 Å². The van der Waals surface area contributed by atoms with Gasteiger partial charge >= 0.3 is 18.3 Å². The number of fused-ring (bicyclic) bond motifs is 4. The van der Waals surface area contributed by atoms with Crippen molar-refractivity contribution < 1.29 is 50.1 Å². The van der Waals surface area contributed by atoms with E-state index in [0.29, 0.717) is 37.3 Å². The van der Waals surface area contributed by atoms with Crippen LogP contribution in [0.25, 0.3) is 22.3 Å². The third-order valence-corrected chi connectivity index (χ3v) is 13.4. The fraction of sp³-hybridized carbons (Fsp3) is 0.490. The Balaban J connectivity index is 1.17. The van der Waals surface area contributed by atoms with E-state index in [4.69, 9.17) is 18.9 Å². The molecule has 13 nitrogen and oxygen atoms in total. The van der Waals surface area contributed by atoms with Gasteiger partial charge in [0.25, 0.3) is 0 Å². The lowest BCUT2D eigenvalue weighted by Crippen LogP contribution is -2.57. The summed E-state index contributed by atoms with van der Waals surface area (Å²) in [5.41, 5.74) is -4.13. The van der Waals surface area contributed by atoms with Gasteiger partial charge in [0, 0.05) is 39.1 Å². The number of pyridine rings is 2. The van der Waals surface area contributed by atoms with Crippen LogP contribution in [-0.2, 0) is 24.0 Å². The SMILES string of the molecule is COc1ccc(CN(Cc2ccc(OC)cc2)c2cc(C)c(C(F)(F)F)c(-c3nc(F)c4c(N5C[C@H]6CC[C@@H](C5)N6C(=O)OC(C)(C)C)nc(OC[C@@]56CCCN5C[C@H](F)C6)nc4c3F)n2)cc1. The van der Waals surface area contributed by atoms with Crippen LogP contribution in [0.2, 0.25) is 0 Å². The Kier molecular flexibility index (Phi) is 12.5. The Morgan fingerprint density at radius 1 is 0.853 bits per heavy atom. The molecule has 19 heteroatoms. The van der Waals surface area contributed by atoms with Crippen molar-refractivity contribution in [2.75, 3.05) is 56.8 Å². The van der Waals surface area contributed by atoms with Crippen LogP contribution in [0.3, 0.4) is 0 Å². The lowest BCUT2D eigenvalue weighted by molar-refractivity contribution is -0.137. The normalized spacial score (nSPS) is 21.6. The number of carbonyl (C=O) groups excluding carboxylic acids is 1. The molecule has 0 unspecified atom stereocenters. The first-order valence-corrected chi connectivity index (χ1v) is 22.8. The van der Waals surface area contributed by atoms with E-state index >= 15 is 22.0 Å². The Morgan fingerprint density at radius 2 is 1.47 bits per heavy atom. The van der Waals surface area contributed by atoms with E-state index in [1.54, 1.807) is 59.7 Å². The van der Waals surface area contributed by atoms with Crippen molar-refractivity contribution in [2.45, 2.75) is 108 Å². The Morgan fingerprint density at radius 3 is 2.04 bits per heavy atom. The zero-order valence-corrected chi connectivity index (χ0v) is 38.8. The zero-order chi connectivity index (χ0) is 48.3. The van der Waals surface area contributed by atoms with E-state index in [1.807, 2.05) is 29.2 Å². The molecule has 4 saturated heterocycles. The average Bonchev–Trinajstić information content (AvgIpc) is 3.91. The average molecular weight is 949 g/mol. The molecule has 1 amide bonds. The number of hydrogen-bond acceptors (Lipinski definition) is 12. The summed E-state index contributed by atoms with van der Waals surface area (Å²) >= 11 is 0. The van der Waals surface area contributed by atoms with Crippen LogP contribution in [0.4, 0.5) is 42.8 Å². The zero-order valence-electron chi connectivity index (χ0n) is 38.8. The number of ether oxygens (including phenoxy) is 4. The Bertz CT molecular complexity index is 2620. The van der Waals surface area contributed by atoms with Gasteiger partial charge in [0.05, 0.1) is 37.4 Å². The maximum absolute atomic E-state index is 17.7. The minimum Gasteiger partial charge on any atom is -0.497 e. The highest BCUT2D eigenvalue weighted by molar-refractivity contribution is 5.93. The summed E-state index contributed by atoms with van der Waals surface area (Å²) in [7, 11) is 3.06. The molecule has 3 aromatic heterocycles. The van der Waals surface area contributed by atoms with Gasteiger partial charge in [-0.05, 0) is 107 Å². The number of piperazine rings is 1. The lowest BCUT2D eigenvalue weighted by atomic mass is 9.95. The number of anilines is 2.